The zero-order valence-corrected chi connectivity index (χ0v) is 16.9. The number of nitrogens with zero attached hydrogens (tertiary/aromatic N) is 1. The van der Waals surface area contributed by atoms with Crippen LogP contribution in [0.25, 0.3) is 10.9 Å². The molecule has 0 radical (unpaired) electrons. The van der Waals surface area contributed by atoms with Gasteiger partial charge in [-0.3, -0.25) is 9.78 Å². The maximum Gasteiger partial charge on any atom is 0.253 e. The number of hydrogen-bond donors (Lipinski definition) is 1. The molecule has 0 spiro atoms. The van der Waals surface area contributed by atoms with Crippen LogP contribution in [-0.4, -0.2) is 16.4 Å². The van der Waals surface area contributed by atoms with Crippen LogP contribution in [-0.2, 0) is 6.42 Å². The number of rotatable bonds is 6. The molecule has 0 bridgehead atoms. The van der Waals surface area contributed by atoms with Gasteiger partial charge in [-0.1, -0.05) is 55.8 Å². The lowest BCUT2D eigenvalue weighted by Gasteiger charge is -2.33. The van der Waals surface area contributed by atoms with E-state index in [1.54, 1.807) is 18.2 Å². The lowest BCUT2D eigenvalue weighted by atomic mass is 9.84. The van der Waals surface area contributed by atoms with E-state index in [1.165, 1.54) is 23.4 Å². The second-order valence-electron chi connectivity index (χ2n) is 8.31. The van der Waals surface area contributed by atoms with Crippen molar-refractivity contribution in [2.24, 2.45) is 5.92 Å². The van der Waals surface area contributed by atoms with Crippen molar-refractivity contribution in [2.45, 2.75) is 46.1 Å². The summed E-state index contributed by atoms with van der Waals surface area (Å²) in [6.45, 7) is 8.45. The van der Waals surface area contributed by atoms with Crippen LogP contribution in [0.3, 0.4) is 0 Å². The Morgan fingerprint density at radius 1 is 1.18 bits per heavy atom. The van der Waals surface area contributed by atoms with Gasteiger partial charge in [-0.2, -0.15) is 0 Å². The van der Waals surface area contributed by atoms with Gasteiger partial charge in [0.2, 0.25) is 0 Å². The number of hydrogen-bond acceptors (Lipinski definition) is 2. The third-order valence-corrected chi connectivity index (χ3v) is 4.91. The molecule has 1 heterocycles. The third kappa shape index (κ3) is 4.75. The van der Waals surface area contributed by atoms with Crippen molar-refractivity contribution >= 4 is 16.8 Å². The van der Waals surface area contributed by atoms with Crippen LogP contribution < -0.4 is 5.32 Å². The van der Waals surface area contributed by atoms with Gasteiger partial charge in [0.1, 0.15) is 11.3 Å². The minimum atomic E-state index is -0.391. The quantitative estimate of drug-likeness (QED) is 0.619. The minimum Gasteiger partial charge on any atom is -0.346 e. The van der Waals surface area contributed by atoms with E-state index in [-0.39, 0.29) is 17.2 Å². The van der Waals surface area contributed by atoms with Crippen molar-refractivity contribution in [3.63, 3.8) is 0 Å². The summed E-state index contributed by atoms with van der Waals surface area (Å²) in [5.41, 5.74) is 2.73. The highest BCUT2D eigenvalue weighted by Crippen LogP contribution is 2.24. The molecule has 0 aliphatic carbocycles. The van der Waals surface area contributed by atoms with Gasteiger partial charge in [0.15, 0.2) is 0 Å². The number of amides is 1. The molecular formula is C24H27FN2O. The summed E-state index contributed by atoms with van der Waals surface area (Å²) in [6, 6.07) is 14.9. The topological polar surface area (TPSA) is 42.0 Å². The first-order chi connectivity index (χ1) is 13.3. The standard InChI is InChI=1S/C24H27FN2O/c1-16(2)13-24(4,14-18-10-8-17(3)9-11-18)27-23(28)20-12-19-6-5-7-21(25)22(19)26-15-20/h5-12,15-16H,13-14H2,1-4H3,(H,27,28). The second kappa shape index (κ2) is 8.09. The Labute approximate surface area is 166 Å². The number of pyridine rings is 1. The van der Waals surface area contributed by atoms with Gasteiger partial charge in [0.05, 0.1) is 5.56 Å². The van der Waals surface area contributed by atoms with E-state index in [9.17, 15) is 9.18 Å². The highest BCUT2D eigenvalue weighted by Gasteiger charge is 2.28. The first-order valence-electron chi connectivity index (χ1n) is 9.68. The number of carbonyl (C=O) groups is 1. The monoisotopic (exact) mass is 378 g/mol. The van der Waals surface area contributed by atoms with Gasteiger partial charge in [0.25, 0.3) is 5.91 Å². The maximum absolute atomic E-state index is 13.8. The summed E-state index contributed by atoms with van der Waals surface area (Å²) >= 11 is 0. The molecule has 1 atom stereocenters. The number of nitrogens with one attached hydrogen (secondary N) is 1. The molecule has 1 N–H and O–H groups in total. The Hall–Kier alpha value is -2.75. The largest absolute Gasteiger partial charge is 0.346 e. The van der Waals surface area contributed by atoms with E-state index in [1.807, 2.05) is 0 Å². The van der Waals surface area contributed by atoms with Crippen molar-refractivity contribution in [1.29, 1.82) is 0 Å². The fraction of sp³-hybridized carbons (Fsp3) is 0.333. The van der Waals surface area contributed by atoms with E-state index in [0.717, 1.165) is 12.8 Å². The molecule has 0 saturated heterocycles. The zero-order valence-electron chi connectivity index (χ0n) is 16.9. The average molecular weight is 378 g/mol. The summed E-state index contributed by atoms with van der Waals surface area (Å²) < 4.78 is 13.8. The Balaban J connectivity index is 1.85. The molecule has 0 fully saturated rings. The van der Waals surface area contributed by atoms with Gasteiger partial charge < -0.3 is 5.32 Å². The number of para-hydroxylation sites is 1. The van der Waals surface area contributed by atoms with Crippen molar-refractivity contribution in [2.75, 3.05) is 0 Å². The summed E-state index contributed by atoms with van der Waals surface area (Å²) in [6.07, 6.45) is 3.04. The summed E-state index contributed by atoms with van der Waals surface area (Å²) in [5.74, 6) is -0.137. The number of benzene rings is 2. The van der Waals surface area contributed by atoms with Gasteiger partial charge in [0, 0.05) is 17.1 Å². The molecule has 1 aromatic heterocycles. The Morgan fingerprint density at radius 3 is 2.57 bits per heavy atom. The van der Waals surface area contributed by atoms with Crippen LogP contribution in [0.4, 0.5) is 4.39 Å². The number of halogens is 1. The predicted octanol–water partition coefficient (Wildman–Crippen LogP) is 5.46. The van der Waals surface area contributed by atoms with Crippen LogP contribution in [0, 0.1) is 18.7 Å². The van der Waals surface area contributed by atoms with Gasteiger partial charge in [-0.05, 0) is 50.3 Å². The lowest BCUT2D eigenvalue weighted by molar-refractivity contribution is 0.0894. The lowest BCUT2D eigenvalue weighted by Crippen LogP contribution is -2.48. The van der Waals surface area contributed by atoms with Crippen molar-refractivity contribution in [3.8, 4) is 0 Å². The first kappa shape index (κ1) is 20.0. The smallest absolute Gasteiger partial charge is 0.253 e. The molecule has 0 aliphatic rings. The molecule has 0 saturated carbocycles. The van der Waals surface area contributed by atoms with Crippen LogP contribution >= 0.6 is 0 Å². The SMILES string of the molecule is Cc1ccc(CC(C)(CC(C)C)NC(=O)c2cnc3c(F)cccc3c2)cc1. The Kier molecular flexibility index (Phi) is 5.78. The third-order valence-electron chi connectivity index (χ3n) is 4.91. The summed E-state index contributed by atoms with van der Waals surface area (Å²) in [4.78, 5) is 17.1. The molecule has 0 aliphatic heterocycles. The zero-order chi connectivity index (χ0) is 20.3. The second-order valence-corrected chi connectivity index (χ2v) is 8.31. The molecule has 1 unspecified atom stereocenters. The van der Waals surface area contributed by atoms with Crippen LogP contribution in [0.2, 0.25) is 0 Å². The molecule has 3 nitrogen and oxygen atoms in total. The molecule has 1 amide bonds. The fourth-order valence-electron chi connectivity index (χ4n) is 3.82. The fourth-order valence-corrected chi connectivity index (χ4v) is 3.82. The van der Waals surface area contributed by atoms with Gasteiger partial charge in [-0.25, -0.2) is 4.39 Å². The highest BCUT2D eigenvalue weighted by atomic mass is 19.1. The number of carbonyl (C=O) groups excluding carboxylic acids is 1. The van der Waals surface area contributed by atoms with Crippen LogP contribution in [0.5, 0.6) is 0 Å². The Morgan fingerprint density at radius 2 is 1.89 bits per heavy atom. The number of aromatic nitrogens is 1. The van der Waals surface area contributed by atoms with E-state index < -0.39 is 5.54 Å². The van der Waals surface area contributed by atoms with E-state index in [2.05, 4.69) is 62.3 Å². The number of fused-ring (bicyclic) bond motifs is 1. The van der Waals surface area contributed by atoms with E-state index in [4.69, 9.17) is 0 Å². The molecule has 3 aromatic rings. The number of aryl methyl sites for hydroxylation is 1. The molecule has 3 rings (SSSR count). The molecule has 4 heteroatoms. The van der Waals surface area contributed by atoms with E-state index >= 15 is 0 Å². The summed E-state index contributed by atoms with van der Waals surface area (Å²) in [5, 5.41) is 3.83. The minimum absolute atomic E-state index is 0.186. The molecule has 146 valence electrons. The normalized spacial score (nSPS) is 13.5. The average Bonchev–Trinajstić information content (AvgIpc) is 2.62. The van der Waals surface area contributed by atoms with Gasteiger partial charge in [-0.15, -0.1) is 0 Å². The van der Waals surface area contributed by atoms with E-state index in [0.29, 0.717) is 16.9 Å². The van der Waals surface area contributed by atoms with Crippen LogP contribution in [0.1, 0.15) is 48.7 Å². The predicted molar refractivity (Wildman–Crippen MR) is 112 cm³/mol. The van der Waals surface area contributed by atoms with Gasteiger partial charge >= 0.3 is 0 Å². The Bertz CT molecular complexity index is 982. The molecule has 28 heavy (non-hydrogen) atoms. The maximum atomic E-state index is 13.8. The highest BCUT2D eigenvalue weighted by molar-refractivity contribution is 5.97. The first-order valence-corrected chi connectivity index (χ1v) is 9.68. The van der Waals surface area contributed by atoms with Crippen LogP contribution in [0.15, 0.2) is 54.7 Å². The van der Waals surface area contributed by atoms with Crippen molar-refractivity contribution < 1.29 is 9.18 Å². The molecule has 2 aromatic carbocycles. The van der Waals surface area contributed by atoms with Crippen molar-refractivity contribution in [3.05, 3.63) is 77.2 Å². The molecular weight excluding hydrogens is 351 g/mol. The van der Waals surface area contributed by atoms with Crippen molar-refractivity contribution in [1.82, 2.24) is 10.3 Å². The summed E-state index contributed by atoms with van der Waals surface area (Å²) in [7, 11) is 0.